The van der Waals surface area contributed by atoms with E-state index in [2.05, 4.69) is 31.9 Å². The fourth-order valence-corrected chi connectivity index (χ4v) is 3.65. The first-order valence-electron chi connectivity index (χ1n) is 6.86. The van der Waals surface area contributed by atoms with Crippen molar-refractivity contribution in [3.8, 4) is 5.75 Å². The molecule has 6 heteroatoms. The Kier molecular flexibility index (Phi) is 4.29. The second kappa shape index (κ2) is 6.09. The Morgan fingerprint density at radius 1 is 1.22 bits per heavy atom. The Bertz CT molecular complexity index is 908. The Balaban J connectivity index is 2.23. The van der Waals surface area contributed by atoms with Crippen molar-refractivity contribution in [2.45, 2.75) is 13.3 Å². The number of hydrogen-bond acceptors (Lipinski definition) is 3. The van der Waals surface area contributed by atoms with Gasteiger partial charge in [0.2, 0.25) is 0 Å². The first-order valence-corrected chi connectivity index (χ1v) is 8.44. The van der Waals surface area contributed by atoms with Gasteiger partial charge >= 0.3 is 0 Å². The maximum Gasteiger partial charge on any atom is 0.197 e. The minimum absolute atomic E-state index is 0.0142. The lowest BCUT2D eigenvalue weighted by Crippen LogP contribution is -2.04. The monoisotopic (exact) mass is 440 g/mol. The van der Waals surface area contributed by atoms with Gasteiger partial charge in [0.05, 0.1) is 14.5 Å². The SMILES string of the molecule is CCc1oc2ccc(F)cc2c1C(=O)c1cc(Br)c(O)c(Br)c1. The molecule has 0 spiro atoms. The van der Waals surface area contributed by atoms with Crippen LogP contribution in [0.2, 0.25) is 0 Å². The number of aryl methyl sites for hydroxylation is 1. The summed E-state index contributed by atoms with van der Waals surface area (Å²) in [6, 6.07) is 7.17. The second-order valence-corrected chi connectivity index (χ2v) is 6.72. The lowest BCUT2D eigenvalue weighted by atomic mass is 9.99. The molecule has 3 nitrogen and oxygen atoms in total. The zero-order chi connectivity index (χ0) is 16.7. The number of carbonyl (C=O) groups excluding carboxylic acids is 1. The number of furan rings is 1. The zero-order valence-corrected chi connectivity index (χ0v) is 15.2. The molecule has 0 bridgehead atoms. The standard InChI is InChI=1S/C17H11Br2FO3/c1-2-13-15(10-7-9(20)3-4-14(10)23-13)16(21)8-5-11(18)17(22)12(19)6-8/h3-7,22H,2H2,1H3. The lowest BCUT2D eigenvalue weighted by Gasteiger charge is -2.06. The summed E-state index contributed by atoms with van der Waals surface area (Å²) in [4.78, 5) is 12.9. The topological polar surface area (TPSA) is 50.4 Å². The molecule has 118 valence electrons. The maximum absolute atomic E-state index is 13.6. The molecule has 1 N–H and O–H groups in total. The largest absolute Gasteiger partial charge is 0.506 e. The van der Waals surface area contributed by atoms with Gasteiger partial charge in [0.1, 0.15) is 22.9 Å². The third-order valence-electron chi connectivity index (χ3n) is 3.55. The normalized spacial score (nSPS) is 11.1. The van der Waals surface area contributed by atoms with Crippen LogP contribution in [0.1, 0.15) is 28.6 Å². The molecule has 0 saturated carbocycles. The Morgan fingerprint density at radius 3 is 2.48 bits per heavy atom. The second-order valence-electron chi connectivity index (χ2n) is 5.01. The average Bonchev–Trinajstić information content (AvgIpc) is 2.89. The van der Waals surface area contributed by atoms with Crippen LogP contribution < -0.4 is 0 Å². The number of aromatic hydroxyl groups is 1. The highest BCUT2D eigenvalue weighted by atomic mass is 79.9. The van der Waals surface area contributed by atoms with Gasteiger partial charge in [-0.25, -0.2) is 4.39 Å². The van der Waals surface area contributed by atoms with E-state index in [-0.39, 0.29) is 11.5 Å². The summed E-state index contributed by atoms with van der Waals surface area (Å²) in [5.41, 5.74) is 1.19. The van der Waals surface area contributed by atoms with Crippen LogP contribution in [0.15, 0.2) is 43.7 Å². The minimum Gasteiger partial charge on any atom is -0.506 e. The Hall–Kier alpha value is -1.66. The lowest BCUT2D eigenvalue weighted by molar-refractivity contribution is 0.103. The molecule has 0 amide bonds. The van der Waals surface area contributed by atoms with Gasteiger partial charge in [0.25, 0.3) is 0 Å². The van der Waals surface area contributed by atoms with Crippen LogP contribution in [0, 0.1) is 5.82 Å². The first-order chi connectivity index (χ1) is 10.9. The fourth-order valence-electron chi connectivity index (χ4n) is 2.46. The van der Waals surface area contributed by atoms with Crippen LogP contribution in [0.4, 0.5) is 4.39 Å². The number of rotatable bonds is 3. The van der Waals surface area contributed by atoms with Gasteiger partial charge in [-0.2, -0.15) is 0 Å². The predicted molar refractivity (Wildman–Crippen MR) is 92.5 cm³/mol. The molecule has 0 radical (unpaired) electrons. The van der Waals surface area contributed by atoms with E-state index >= 15 is 0 Å². The third kappa shape index (κ3) is 2.81. The van der Waals surface area contributed by atoms with Crippen molar-refractivity contribution < 1.29 is 18.7 Å². The predicted octanol–water partition coefficient (Wildman–Crippen LogP) is 5.60. The molecule has 2 aromatic carbocycles. The van der Waals surface area contributed by atoms with Crippen molar-refractivity contribution in [1.29, 1.82) is 0 Å². The highest BCUT2D eigenvalue weighted by molar-refractivity contribution is 9.11. The summed E-state index contributed by atoms with van der Waals surface area (Å²) in [6.45, 7) is 1.87. The van der Waals surface area contributed by atoms with E-state index in [9.17, 15) is 14.3 Å². The summed E-state index contributed by atoms with van der Waals surface area (Å²) >= 11 is 6.42. The zero-order valence-electron chi connectivity index (χ0n) is 12.0. The van der Waals surface area contributed by atoms with Gasteiger partial charge in [-0.1, -0.05) is 6.92 Å². The molecule has 3 aromatic rings. The van der Waals surface area contributed by atoms with Gasteiger partial charge in [0.15, 0.2) is 5.78 Å². The van der Waals surface area contributed by atoms with Crippen molar-refractivity contribution in [1.82, 2.24) is 0 Å². The molecule has 0 saturated heterocycles. The van der Waals surface area contributed by atoms with E-state index in [1.165, 1.54) is 30.3 Å². The van der Waals surface area contributed by atoms with E-state index < -0.39 is 5.82 Å². The number of phenolic OH excluding ortho intramolecular Hbond substituents is 1. The van der Waals surface area contributed by atoms with Crippen molar-refractivity contribution in [2.75, 3.05) is 0 Å². The van der Waals surface area contributed by atoms with E-state index in [0.717, 1.165) is 0 Å². The highest BCUT2D eigenvalue weighted by Gasteiger charge is 2.23. The summed E-state index contributed by atoms with van der Waals surface area (Å²) in [7, 11) is 0. The van der Waals surface area contributed by atoms with Gasteiger partial charge in [0, 0.05) is 17.4 Å². The molecule has 1 aromatic heterocycles. The molecule has 3 rings (SSSR count). The molecule has 0 aliphatic heterocycles. The van der Waals surface area contributed by atoms with E-state index in [0.29, 0.717) is 43.2 Å². The van der Waals surface area contributed by atoms with Crippen LogP contribution in [0.25, 0.3) is 11.0 Å². The van der Waals surface area contributed by atoms with Crippen molar-refractivity contribution >= 4 is 48.6 Å². The number of fused-ring (bicyclic) bond motifs is 1. The van der Waals surface area contributed by atoms with Crippen LogP contribution in [-0.2, 0) is 6.42 Å². The van der Waals surface area contributed by atoms with Gasteiger partial charge in [-0.15, -0.1) is 0 Å². The summed E-state index contributed by atoms with van der Waals surface area (Å²) in [5, 5.41) is 10.2. The van der Waals surface area contributed by atoms with Crippen molar-refractivity contribution in [3.05, 3.63) is 62.0 Å². The molecule has 0 atom stereocenters. The number of phenols is 1. The molecule has 23 heavy (non-hydrogen) atoms. The molecule has 0 unspecified atom stereocenters. The number of benzene rings is 2. The molecular weight excluding hydrogens is 431 g/mol. The fraction of sp³-hybridized carbons (Fsp3) is 0.118. The molecule has 0 aliphatic rings. The number of halogens is 3. The van der Waals surface area contributed by atoms with Crippen LogP contribution in [-0.4, -0.2) is 10.9 Å². The van der Waals surface area contributed by atoms with Crippen molar-refractivity contribution in [2.24, 2.45) is 0 Å². The quantitative estimate of drug-likeness (QED) is 0.538. The molecule has 0 fully saturated rings. The van der Waals surface area contributed by atoms with E-state index in [1.54, 1.807) is 0 Å². The Morgan fingerprint density at radius 2 is 1.87 bits per heavy atom. The molecular formula is C17H11Br2FO3. The average molecular weight is 442 g/mol. The smallest absolute Gasteiger partial charge is 0.197 e. The minimum atomic E-state index is -0.428. The number of carbonyl (C=O) groups is 1. The van der Waals surface area contributed by atoms with Gasteiger partial charge in [-0.05, 0) is 62.2 Å². The summed E-state index contributed by atoms with van der Waals surface area (Å²) in [6.07, 6.45) is 0.512. The first kappa shape index (κ1) is 16.2. The van der Waals surface area contributed by atoms with Crippen LogP contribution in [0.3, 0.4) is 0 Å². The van der Waals surface area contributed by atoms with Crippen molar-refractivity contribution in [3.63, 3.8) is 0 Å². The van der Waals surface area contributed by atoms with Gasteiger partial charge < -0.3 is 9.52 Å². The highest BCUT2D eigenvalue weighted by Crippen LogP contribution is 2.35. The van der Waals surface area contributed by atoms with E-state index in [4.69, 9.17) is 4.42 Å². The number of ketones is 1. The molecule has 1 heterocycles. The maximum atomic E-state index is 13.6. The van der Waals surface area contributed by atoms with E-state index in [1.807, 2.05) is 6.92 Å². The number of hydrogen-bond donors (Lipinski definition) is 1. The Labute approximate surface area is 148 Å². The van der Waals surface area contributed by atoms with Gasteiger partial charge in [-0.3, -0.25) is 4.79 Å². The van der Waals surface area contributed by atoms with Crippen LogP contribution in [0.5, 0.6) is 5.75 Å². The third-order valence-corrected chi connectivity index (χ3v) is 4.76. The molecule has 0 aliphatic carbocycles. The van der Waals surface area contributed by atoms with Crippen LogP contribution >= 0.6 is 31.9 Å². The summed E-state index contributed by atoms with van der Waals surface area (Å²) < 4.78 is 20.0. The summed E-state index contributed by atoms with van der Waals surface area (Å²) in [5.74, 6) is -0.188.